The topological polar surface area (TPSA) is 90.0 Å². The van der Waals surface area contributed by atoms with Crippen LogP contribution in [0.15, 0.2) is 0 Å². The monoisotopic (exact) mass is 347 g/mol. The van der Waals surface area contributed by atoms with Gasteiger partial charge in [-0.1, -0.05) is 13.3 Å². The number of aliphatic carboxylic acids is 1. The number of hydrogen-bond acceptors (Lipinski definition) is 4. The highest BCUT2D eigenvalue weighted by Crippen LogP contribution is 2.31. The van der Waals surface area contributed by atoms with Crippen LogP contribution in [0.5, 0.6) is 0 Å². The highest BCUT2D eigenvalue weighted by Gasteiger charge is 2.35. The molecular formula is C15H26ClN3O4. The molecule has 132 valence electrons. The van der Waals surface area contributed by atoms with Crippen molar-refractivity contribution in [2.45, 2.75) is 38.6 Å². The van der Waals surface area contributed by atoms with Crippen molar-refractivity contribution in [3.63, 3.8) is 0 Å². The number of carbonyl (C=O) groups is 3. The largest absolute Gasteiger partial charge is 0.480 e. The molecule has 2 N–H and O–H groups in total. The molecule has 2 fully saturated rings. The van der Waals surface area contributed by atoms with E-state index in [0.717, 1.165) is 19.3 Å². The molecule has 0 aromatic carbocycles. The summed E-state index contributed by atoms with van der Waals surface area (Å²) in [6.07, 6.45) is 3.25. The van der Waals surface area contributed by atoms with Crippen LogP contribution in [0.2, 0.25) is 0 Å². The number of carboxylic acid groups (broad SMARTS) is 1. The van der Waals surface area contributed by atoms with Crippen molar-refractivity contribution in [1.82, 2.24) is 15.1 Å². The maximum Gasteiger partial charge on any atom is 0.320 e. The summed E-state index contributed by atoms with van der Waals surface area (Å²) in [4.78, 5) is 38.6. The Balaban J connectivity index is 0.00000264. The van der Waals surface area contributed by atoms with Crippen molar-refractivity contribution in [2.75, 3.05) is 32.7 Å². The number of carboxylic acids is 1. The van der Waals surface area contributed by atoms with Crippen LogP contribution in [0.1, 0.15) is 32.6 Å². The molecule has 0 radical (unpaired) electrons. The molecule has 1 aliphatic carbocycles. The fourth-order valence-corrected chi connectivity index (χ4v) is 2.69. The van der Waals surface area contributed by atoms with Crippen LogP contribution >= 0.6 is 12.4 Å². The summed E-state index contributed by atoms with van der Waals surface area (Å²) in [5, 5.41) is 11.9. The quantitative estimate of drug-likeness (QED) is 0.692. The Hall–Kier alpha value is -1.34. The highest BCUT2D eigenvalue weighted by molar-refractivity contribution is 5.85. The van der Waals surface area contributed by atoms with Gasteiger partial charge in [-0.05, 0) is 19.3 Å². The predicted octanol–water partition coefficient (Wildman–Crippen LogP) is 0.332. The van der Waals surface area contributed by atoms with E-state index < -0.39 is 12.0 Å². The number of nitrogens with zero attached hydrogens (tertiary/aromatic N) is 2. The van der Waals surface area contributed by atoms with Gasteiger partial charge in [0.1, 0.15) is 6.04 Å². The lowest BCUT2D eigenvalue weighted by molar-refractivity contribution is -0.141. The third-order valence-electron chi connectivity index (χ3n) is 4.25. The van der Waals surface area contributed by atoms with Gasteiger partial charge in [0.2, 0.25) is 11.8 Å². The van der Waals surface area contributed by atoms with E-state index in [9.17, 15) is 14.4 Å². The summed E-state index contributed by atoms with van der Waals surface area (Å²) >= 11 is 0. The van der Waals surface area contributed by atoms with Crippen molar-refractivity contribution in [1.29, 1.82) is 0 Å². The van der Waals surface area contributed by atoms with Gasteiger partial charge >= 0.3 is 5.97 Å². The van der Waals surface area contributed by atoms with Crippen LogP contribution in [0.25, 0.3) is 0 Å². The smallest absolute Gasteiger partial charge is 0.320 e. The highest BCUT2D eigenvalue weighted by atomic mass is 35.5. The van der Waals surface area contributed by atoms with Gasteiger partial charge in [-0.15, -0.1) is 12.4 Å². The molecule has 8 heteroatoms. The molecule has 1 saturated carbocycles. The molecule has 1 atom stereocenters. The summed E-state index contributed by atoms with van der Waals surface area (Å²) in [5.41, 5.74) is 0. The third-order valence-corrected chi connectivity index (χ3v) is 4.25. The number of piperazine rings is 1. The fourth-order valence-electron chi connectivity index (χ4n) is 2.69. The Morgan fingerprint density at radius 1 is 1.13 bits per heavy atom. The minimum absolute atomic E-state index is 0. The molecule has 1 aliphatic heterocycles. The summed E-state index contributed by atoms with van der Waals surface area (Å²) < 4.78 is 0. The number of hydrogen-bond donors (Lipinski definition) is 2. The Labute approximate surface area is 142 Å². The first-order chi connectivity index (χ1) is 10.5. The van der Waals surface area contributed by atoms with E-state index in [2.05, 4.69) is 5.32 Å². The predicted molar refractivity (Wildman–Crippen MR) is 87.5 cm³/mol. The van der Waals surface area contributed by atoms with Crippen LogP contribution in [-0.4, -0.2) is 71.5 Å². The summed E-state index contributed by atoms with van der Waals surface area (Å²) in [6.45, 7) is 4.18. The van der Waals surface area contributed by atoms with Gasteiger partial charge in [0.25, 0.3) is 0 Å². The van der Waals surface area contributed by atoms with Gasteiger partial charge in [0.15, 0.2) is 0 Å². The molecule has 1 heterocycles. The molecule has 0 spiro atoms. The normalized spacial score (nSPS) is 19.0. The Bertz CT molecular complexity index is 434. The molecule has 2 aliphatic rings. The molecule has 0 bridgehead atoms. The second-order valence-electron chi connectivity index (χ2n) is 6.04. The number of halogens is 1. The molecule has 7 nitrogen and oxygen atoms in total. The van der Waals surface area contributed by atoms with Gasteiger partial charge in [0.05, 0.1) is 6.54 Å². The van der Waals surface area contributed by atoms with E-state index in [1.165, 1.54) is 0 Å². The van der Waals surface area contributed by atoms with E-state index in [1.807, 2.05) is 11.8 Å². The Morgan fingerprint density at radius 3 is 2.17 bits per heavy atom. The van der Waals surface area contributed by atoms with E-state index in [1.54, 1.807) is 4.90 Å². The van der Waals surface area contributed by atoms with E-state index in [-0.39, 0.29) is 36.7 Å². The van der Waals surface area contributed by atoms with E-state index in [0.29, 0.717) is 32.6 Å². The Kier molecular flexibility index (Phi) is 7.78. The van der Waals surface area contributed by atoms with E-state index in [4.69, 9.17) is 5.11 Å². The summed E-state index contributed by atoms with van der Waals surface area (Å²) in [7, 11) is 0. The lowest BCUT2D eigenvalue weighted by Gasteiger charge is -2.35. The van der Waals surface area contributed by atoms with E-state index >= 15 is 0 Å². The zero-order valence-corrected chi connectivity index (χ0v) is 14.3. The van der Waals surface area contributed by atoms with Crippen molar-refractivity contribution in [3.05, 3.63) is 0 Å². The van der Waals surface area contributed by atoms with Crippen molar-refractivity contribution < 1.29 is 19.5 Å². The maximum atomic E-state index is 12.1. The first-order valence-corrected chi connectivity index (χ1v) is 8.05. The Morgan fingerprint density at radius 2 is 1.70 bits per heavy atom. The van der Waals surface area contributed by atoms with Crippen LogP contribution in [0.4, 0.5) is 0 Å². The zero-order chi connectivity index (χ0) is 16.1. The minimum Gasteiger partial charge on any atom is -0.480 e. The second kappa shape index (κ2) is 9.08. The molecular weight excluding hydrogens is 322 g/mol. The maximum absolute atomic E-state index is 12.1. The van der Waals surface area contributed by atoms with Crippen molar-refractivity contribution in [3.8, 4) is 0 Å². The summed E-state index contributed by atoms with van der Waals surface area (Å²) in [6, 6.07) is -0.674. The van der Waals surface area contributed by atoms with Gasteiger partial charge in [-0.2, -0.15) is 0 Å². The number of rotatable bonds is 7. The lowest BCUT2D eigenvalue weighted by atomic mass is 10.1. The first kappa shape index (κ1) is 19.7. The van der Waals surface area contributed by atoms with Gasteiger partial charge in [-0.25, -0.2) is 0 Å². The number of nitrogens with one attached hydrogen (secondary N) is 1. The average molecular weight is 348 g/mol. The van der Waals surface area contributed by atoms with Gasteiger partial charge < -0.3 is 14.9 Å². The average Bonchev–Trinajstić information content (AvgIpc) is 3.35. The minimum atomic E-state index is -0.922. The standard InChI is InChI=1S/C15H25N3O4.ClH/c1-2-3-12(15(21)22)16-10-13(19)17-6-8-18(9-7-17)14(20)11-4-5-11;/h11-12,16H,2-10H2,1H3,(H,21,22);1H. The van der Waals surface area contributed by atoms with Crippen molar-refractivity contribution >= 4 is 30.2 Å². The van der Waals surface area contributed by atoms with Crippen LogP contribution < -0.4 is 5.32 Å². The van der Waals surface area contributed by atoms with Crippen LogP contribution in [0, 0.1) is 5.92 Å². The summed E-state index contributed by atoms with van der Waals surface area (Å²) in [5.74, 6) is -0.580. The first-order valence-electron chi connectivity index (χ1n) is 8.05. The van der Waals surface area contributed by atoms with Crippen molar-refractivity contribution in [2.24, 2.45) is 5.92 Å². The second-order valence-corrected chi connectivity index (χ2v) is 6.04. The molecule has 1 saturated heterocycles. The molecule has 1 unspecified atom stereocenters. The van der Waals surface area contributed by atoms with Gasteiger partial charge in [-0.3, -0.25) is 19.7 Å². The molecule has 0 aromatic rings. The molecule has 2 amide bonds. The number of amides is 2. The fraction of sp³-hybridized carbons (Fsp3) is 0.800. The van der Waals surface area contributed by atoms with Crippen LogP contribution in [-0.2, 0) is 14.4 Å². The SMILES string of the molecule is CCCC(NCC(=O)N1CCN(C(=O)C2CC2)CC1)C(=O)O.Cl. The molecule has 0 aromatic heterocycles. The number of carbonyl (C=O) groups excluding carboxylic acids is 2. The van der Waals surface area contributed by atoms with Crippen LogP contribution in [0.3, 0.4) is 0 Å². The van der Waals surface area contributed by atoms with Gasteiger partial charge in [0, 0.05) is 32.1 Å². The third kappa shape index (κ3) is 5.66. The zero-order valence-electron chi connectivity index (χ0n) is 13.5. The lowest BCUT2D eigenvalue weighted by Crippen LogP contribution is -2.53. The molecule has 23 heavy (non-hydrogen) atoms. The molecule has 2 rings (SSSR count).